The van der Waals surface area contributed by atoms with Gasteiger partial charge in [-0.15, -0.1) is 0 Å². The third kappa shape index (κ3) is 2.27. The predicted molar refractivity (Wildman–Crippen MR) is 115 cm³/mol. The van der Waals surface area contributed by atoms with Gasteiger partial charge in [0.2, 0.25) is 23.6 Å². The summed E-state index contributed by atoms with van der Waals surface area (Å²) in [4.78, 5) is 57.4. The Bertz CT molecular complexity index is 874. The van der Waals surface area contributed by atoms with Crippen LogP contribution in [0.1, 0.15) is 64.2 Å². The summed E-state index contributed by atoms with van der Waals surface area (Å²) in [5, 5.41) is 0. The Morgan fingerprint density at radius 2 is 0.844 bits per heavy atom. The Morgan fingerprint density at radius 1 is 0.500 bits per heavy atom. The normalized spacial score (nSPS) is 45.9. The number of nitrogens with zero attached hydrogens (tertiary/aromatic N) is 2. The van der Waals surface area contributed by atoms with E-state index in [0.29, 0.717) is 0 Å². The fourth-order valence-electron chi connectivity index (χ4n) is 9.05. The van der Waals surface area contributed by atoms with Crippen LogP contribution in [0.5, 0.6) is 0 Å². The van der Waals surface area contributed by atoms with Crippen molar-refractivity contribution in [2.45, 2.75) is 76.3 Å². The Balaban J connectivity index is 1.20. The number of amides is 4. The monoisotopic (exact) mass is 436 g/mol. The molecule has 2 saturated heterocycles. The summed E-state index contributed by atoms with van der Waals surface area (Å²) >= 11 is 0. The predicted octanol–water partition coefficient (Wildman–Crippen LogP) is 2.92. The van der Waals surface area contributed by atoms with Gasteiger partial charge >= 0.3 is 0 Å². The topological polar surface area (TPSA) is 74.8 Å². The molecule has 4 amide bonds. The molecule has 2 aliphatic heterocycles. The number of carbonyl (C=O) groups excluding carboxylic acids is 4. The van der Waals surface area contributed by atoms with Gasteiger partial charge < -0.3 is 0 Å². The van der Waals surface area contributed by atoms with Crippen LogP contribution in [-0.2, 0) is 19.2 Å². The number of hydrogen-bond donors (Lipinski definition) is 0. The van der Waals surface area contributed by atoms with Crippen molar-refractivity contribution in [3.05, 3.63) is 12.2 Å². The van der Waals surface area contributed by atoms with Crippen LogP contribution in [0.2, 0.25) is 0 Å². The summed E-state index contributed by atoms with van der Waals surface area (Å²) in [6, 6.07) is 0.113. The Labute approximate surface area is 188 Å². The largest absolute Gasteiger partial charge is 0.279 e. The van der Waals surface area contributed by atoms with Crippen LogP contribution in [0.3, 0.4) is 0 Å². The molecule has 0 spiro atoms. The zero-order chi connectivity index (χ0) is 21.7. The first kappa shape index (κ1) is 19.5. The second kappa shape index (κ2) is 6.77. The molecule has 0 radical (unpaired) electrons. The van der Waals surface area contributed by atoms with Crippen molar-refractivity contribution in [2.24, 2.45) is 47.3 Å². The van der Waals surface area contributed by atoms with Gasteiger partial charge in [0.05, 0.1) is 23.7 Å². The fraction of sp³-hybridized carbons (Fsp3) is 0.769. The lowest BCUT2D eigenvalue weighted by Gasteiger charge is -2.60. The number of hydrogen-bond acceptors (Lipinski definition) is 4. The molecule has 0 aromatic rings. The van der Waals surface area contributed by atoms with Crippen LogP contribution in [0.25, 0.3) is 0 Å². The minimum Gasteiger partial charge on any atom is -0.279 e. The van der Waals surface area contributed by atoms with Gasteiger partial charge in [-0.25, -0.2) is 0 Å². The maximum atomic E-state index is 13.6. The average Bonchev–Trinajstić information content (AvgIpc) is 3.19. The van der Waals surface area contributed by atoms with Gasteiger partial charge in [0.1, 0.15) is 0 Å². The summed E-state index contributed by atoms with van der Waals surface area (Å²) in [5.41, 5.74) is 0. The minimum atomic E-state index is -0.312. The van der Waals surface area contributed by atoms with E-state index in [1.165, 1.54) is 12.8 Å². The Morgan fingerprint density at radius 3 is 1.22 bits per heavy atom. The fourth-order valence-corrected chi connectivity index (χ4v) is 9.05. The SMILES string of the molecule is O=C1[C@@H]2[C@H]3C=C[C@H]([C@@H]2C(=O)N1C1CCCCC1)[C@@H]1[C@H]2C(=O)N(C4CCCCC4)C(=O)[C@@H]2[C@@H]31. The smallest absolute Gasteiger partial charge is 0.233 e. The van der Waals surface area contributed by atoms with Gasteiger partial charge in [0, 0.05) is 12.1 Å². The van der Waals surface area contributed by atoms with E-state index < -0.39 is 0 Å². The number of imide groups is 2. The van der Waals surface area contributed by atoms with Crippen LogP contribution in [0.4, 0.5) is 0 Å². The quantitative estimate of drug-likeness (QED) is 0.493. The minimum absolute atomic E-state index is 0.00839. The van der Waals surface area contributed by atoms with E-state index in [1.54, 1.807) is 9.80 Å². The van der Waals surface area contributed by atoms with Crippen molar-refractivity contribution < 1.29 is 19.2 Å². The molecule has 6 fully saturated rings. The van der Waals surface area contributed by atoms with Crippen molar-refractivity contribution in [3.63, 3.8) is 0 Å². The van der Waals surface area contributed by atoms with Crippen LogP contribution >= 0.6 is 0 Å². The molecule has 0 aromatic heterocycles. The lowest BCUT2D eigenvalue weighted by Crippen LogP contribution is -2.63. The molecule has 6 aliphatic carbocycles. The Kier molecular flexibility index (Phi) is 4.12. The first-order valence-electron chi connectivity index (χ1n) is 13.0. The molecule has 0 N–H and O–H groups in total. The highest BCUT2D eigenvalue weighted by molar-refractivity contribution is 6.09. The number of rotatable bonds is 2. The average molecular weight is 437 g/mol. The third-order valence-corrected chi connectivity index (χ3v) is 10.3. The zero-order valence-electron chi connectivity index (χ0n) is 18.5. The molecular formula is C26H32N2O4. The van der Waals surface area contributed by atoms with E-state index in [0.717, 1.165) is 51.4 Å². The van der Waals surface area contributed by atoms with Crippen LogP contribution in [0, 0.1) is 47.3 Å². The highest BCUT2D eigenvalue weighted by Gasteiger charge is 2.75. The second-order valence-corrected chi connectivity index (χ2v) is 11.5. The van der Waals surface area contributed by atoms with E-state index >= 15 is 0 Å². The summed E-state index contributed by atoms with van der Waals surface area (Å²) in [7, 11) is 0. The molecule has 2 heterocycles. The molecule has 8 aliphatic rings. The molecule has 6 heteroatoms. The van der Waals surface area contributed by atoms with E-state index in [1.807, 2.05) is 0 Å². The van der Waals surface area contributed by atoms with Gasteiger partial charge in [-0.2, -0.15) is 0 Å². The lowest BCUT2D eigenvalue weighted by atomic mass is 9.40. The van der Waals surface area contributed by atoms with Gasteiger partial charge in [0.15, 0.2) is 0 Å². The van der Waals surface area contributed by atoms with Gasteiger partial charge in [-0.1, -0.05) is 50.7 Å². The summed E-state index contributed by atoms with van der Waals surface area (Å²) in [5.74, 6) is -1.11. The van der Waals surface area contributed by atoms with E-state index in [9.17, 15) is 19.2 Å². The van der Waals surface area contributed by atoms with E-state index in [-0.39, 0.29) is 83.1 Å². The number of likely N-dealkylation sites (tertiary alicyclic amines) is 2. The molecule has 8 rings (SSSR count). The van der Waals surface area contributed by atoms with Crippen LogP contribution in [-0.4, -0.2) is 45.5 Å². The van der Waals surface area contributed by atoms with Gasteiger partial charge in [0.25, 0.3) is 0 Å². The molecule has 0 unspecified atom stereocenters. The van der Waals surface area contributed by atoms with Gasteiger partial charge in [-0.05, 0) is 49.4 Å². The summed E-state index contributed by atoms with van der Waals surface area (Å²) in [6.45, 7) is 0. The van der Waals surface area contributed by atoms with Crippen molar-refractivity contribution >= 4 is 23.6 Å². The van der Waals surface area contributed by atoms with E-state index in [4.69, 9.17) is 0 Å². The molecule has 2 bridgehead atoms. The van der Waals surface area contributed by atoms with Crippen molar-refractivity contribution in [1.82, 2.24) is 9.80 Å². The first-order valence-corrected chi connectivity index (χ1v) is 13.0. The molecule has 0 aromatic carbocycles. The zero-order valence-corrected chi connectivity index (χ0v) is 18.5. The molecule has 32 heavy (non-hydrogen) atoms. The maximum Gasteiger partial charge on any atom is 0.233 e. The molecule has 170 valence electrons. The number of fused-ring (bicyclic) bond motifs is 1. The van der Waals surface area contributed by atoms with Gasteiger partial charge in [-0.3, -0.25) is 29.0 Å². The number of allylic oxidation sites excluding steroid dienone is 2. The number of carbonyl (C=O) groups is 4. The van der Waals surface area contributed by atoms with Crippen LogP contribution in [0.15, 0.2) is 12.2 Å². The maximum absolute atomic E-state index is 13.6. The molecule has 6 nitrogen and oxygen atoms in total. The molecule has 8 atom stereocenters. The summed E-state index contributed by atoms with van der Waals surface area (Å²) in [6.07, 6.45) is 14.6. The Hall–Kier alpha value is -1.98. The summed E-state index contributed by atoms with van der Waals surface area (Å²) < 4.78 is 0. The van der Waals surface area contributed by atoms with Crippen molar-refractivity contribution in [3.8, 4) is 0 Å². The second-order valence-electron chi connectivity index (χ2n) is 11.5. The van der Waals surface area contributed by atoms with Crippen LogP contribution < -0.4 is 0 Å². The highest BCUT2D eigenvalue weighted by atomic mass is 16.2. The highest BCUT2D eigenvalue weighted by Crippen LogP contribution is 2.68. The first-order chi connectivity index (χ1) is 15.6. The van der Waals surface area contributed by atoms with Crippen molar-refractivity contribution in [1.29, 1.82) is 0 Å². The molecule has 4 saturated carbocycles. The van der Waals surface area contributed by atoms with E-state index in [2.05, 4.69) is 12.2 Å². The molecular weight excluding hydrogens is 404 g/mol. The van der Waals surface area contributed by atoms with Crippen molar-refractivity contribution in [2.75, 3.05) is 0 Å². The standard InChI is InChI=1S/C26H32N2O4/c29-23-19-15-11-12-16(20(19)24(30)27(23)13-7-3-1-4-8-13)18-17(15)21-22(18)26(32)28(25(21)31)14-9-5-2-6-10-14/h11-22H,1-10H2/t15-,16-,17-,18-,19-,20+,21+,22+/m0/s1. The third-order valence-electron chi connectivity index (χ3n) is 10.3. The lowest BCUT2D eigenvalue weighted by molar-refractivity contribution is -0.166.